The molecule has 1 aromatic heterocycles. The molecule has 3 rings (SSSR count). The van der Waals surface area contributed by atoms with Crippen LogP contribution in [0.5, 0.6) is 0 Å². The first-order valence-corrected chi connectivity index (χ1v) is 13.1. The fourth-order valence-electron chi connectivity index (χ4n) is 2.48. The molecule has 0 aliphatic carbocycles. The van der Waals surface area contributed by atoms with E-state index < -0.39 is 28.4 Å². The Balaban J connectivity index is 1.84. The van der Waals surface area contributed by atoms with Gasteiger partial charge in [0.05, 0.1) is 28.5 Å². The lowest BCUT2D eigenvalue weighted by molar-refractivity contribution is -0.137. The van der Waals surface area contributed by atoms with Crippen molar-refractivity contribution in [2.75, 3.05) is 29.0 Å². The molecule has 1 amide bonds. The summed E-state index contributed by atoms with van der Waals surface area (Å²) in [5.41, 5.74) is 0.0507. The summed E-state index contributed by atoms with van der Waals surface area (Å²) in [7, 11) is -2.88. The molecule has 0 radical (unpaired) electrons. The predicted molar refractivity (Wildman–Crippen MR) is 129 cm³/mol. The van der Waals surface area contributed by atoms with Crippen molar-refractivity contribution in [3.05, 3.63) is 58.6 Å². The Labute approximate surface area is 208 Å². The number of sulfonamides is 1. The number of halogens is 2. The van der Waals surface area contributed by atoms with Gasteiger partial charge < -0.3 is 4.74 Å². The summed E-state index contributed by atoms with van der Waals surface area (Å²) in [6, 6.07) is 12.0. The van der Waals surface area contributed by atoms with Crippen LogP contribution >= 0.6 is 46.3 Å². The number of nitrogens with one attached hydrogen (secondary N) is 1. The van der Waals surface area contributed by atoms with E-state index in [0.717, 1.165) is 27.4 Å². The zero-order chi connectivity index (χ0) is 24.0. The summed E-state index contributed by atoms with van der Waals surface area (Å²) in [5.74, 6) is -1.07. The lowest BCUT2D eigenvalue weighted by Crippen LogP contribution is -2.38. The molecular formula is C19H16Cl2N4O5S3. The normalized spacial score (nSPS) is 11.1. The number of methoxy groups -OCH3 is 1. The largest absolute Gasteiger partial charge is 0.468 e. The molecule has 0 fully saturated rings. The van der Waals surface area contributed by atoms with Gasteiger partial charge in [-0.1, -0.05) is 64.5 Å². The number of thioether (sulfide) groups is 1. The third-order valence-corrected chi connectivity index (χ3v) is 8.26. The van der Waals surface area contributed by atoms with Crippen LogP contribution in [0.3, 0.4) is 0 Å². The third-order valence-electron chi connectivity index (χ3n) is 3.99. The Morgan fingerprint density at radius 3 is 2.58 bits per heavy atom. The molecule has 0 aliphatic heterocycles. The number of anilines is 2. The highest BCUT2D eigenvalue weighted by atomic mass is 35.5. The Kier molecular flexibility index (Phi) is 8.54. The molecule has 0 atom stereocenters. The minimum atomic E-state index is -4.16. The van der Waals surface area contributed by atoms with Crippen molar-refractivity contribution in [1.82, 2.24) is 10.2 Å². The Bertz CT molecular complexity index is 1260. The monoisotopic (exact) mass is 546 g/mol. The van der Waals surface area contributed by atoms with Gasteiger partial charge >= 0.3 is 5.97 Å². The van der Waals surface area contributed by atoms with Crippen LogP contribution < -0.4 is 9.62 Å². The van der Waals surface area contributed by atoms with Crippen molar-refractivity contribution in [3.8, 4) is 0 Å². The van der Waals surface area contributed by atoms with Gasteiger partial charge in [-0.25, -0.2) is 8.42 Å². The number of benzene rings is 2. The molecule has 3 aromatic rings. The maximum atomic E-state index is 13.3. The number of rotatable bonds is 9. The molecular weight excluding hydrogens is 531 g/mol. The van der Waals surface area contributed by atoms with Crippen LogP contribution in [0.1, 0.15) is 0 Å². The van der Waals surface area contributed by atoms with Crippen LogP contribution in [-0.4, -0.2) is 49.9 Å². The van der Waals surface area contributed by atoms with Crippen molar-refractivity contribution in [2.45, 2.75) is 9.24 Å². The predicted octanol–water partition coefficient (Wildman–Crippen LogP) is 3.94. The average Bonchev–Trinajstić information content (AvgIpc) is 3.25. The summed E-state index contributed by atoms with van der Waals surface area (Å²) in [4.78, 5) is 24.0. The van der Waals surface area contributed by atoms with Gasteiger partial charge in [0.25, 0.3) is 10.0 Å². The van der Waals surface area contributed by atoms with Gasteiger partial charge in [0.1, 0.15) is 6.54 Å². The Hall–Kier alpha value is -2.38. The highest BCUT2D eigenvalue weighted by Gasteiger charge is 2.29. The van der Waals surface area contributed by atoms with Crippen molar-refractivity contribution >= 4 is 79.0 Å². The molecule has 33 heavy (non-hydrogen) atoms. The van der Waals surface area contributed by atoms with Gasteiger partial charge in [-0.2, -0.15) is 0 Å². The molecule has 0 bridgehead atoms. The van der Waals surface area contributed by atoms with Crippen molar-refractivity contribution in [2.24, 2.45) is 0 Å². The zero-order valence-corrected chi connectivity index (χ0v) is 20.9. The number of esters is 1. The summed E-state index contributed by atoms with van der Waals surface area (Å²) in [5, 5.41) is 10.7. The number of hydrogen-bond acceptors (Lipinski definition) is 9. The SMILES string of the molecule is COC(=O)CSc1nnc(NC(=O)CN(c2cc(Cl)ccc2Cl)S(=O)(=O)c2ccccc2)s1. The highest BCUT2D eigenvalue weighted by molar-refractivity contribution is 8.01. The summed E-state index contributed by atoms with van der Waals surface area (Å²) < 4.78 is 32.5. The van der Waals surface area contributed by atoms with Crippen LogP contribution in [0.15, 0.2) is 57.8 Å². The van der Waals surface area contributed by atoms with Crippen molar-refractivity contribution in [3.63, 3.8) is 0 Å². The summed E-state index contributed by atoms with van der Waals surface area (Å²) in [6.07, 6.45) is 0. The molecule has 0 aliphatic rings. The molecule has 9 nitrogen and oxygen atoms in total. The van der Waals surface area contributed by atoms with E-state index in [2.05, 4.69) is 20.3 Å². The second-order valence-corrected chi connectivity index (χ2v) is 11.1. The van der Waals surface area contributed by atoms with Crippen molar-refractivity contribution in [1.29, 1.82) is 0 Å². The van der Waals surface area contributed by atoms with Gasteiger partial charge in [0.15, 0.2) is 4.34 Å². The fourth-order valence-corrected chi connectivity index (χ4v) is 5.97. The first kappa shape index (κ1) is 25.2. The maximum absolute atomic E-state index is 13.3. The van der Waals surface area contributed by atoms with Gasteiger partial charge in [0.2, 0.25) is 11.0 Å². The van der Waals surface area contributed by atoms with Gasteiger partial charge in [-0.05, 0) is 30.3 Å². The van der Waals surface area contributed by atoms with Gasteiger partial charge in [0, 0.05) is 5.02 Å². The van der Waals surface area contributed by atoms with E-state index in [9.17, 15) is 18.0 Å². The molecule has 2 aromatic carbocycles. The molecule has 0 unspecified atom stereocenters. The minimum absolute atomic E-state index is 0.0220. The molecule has 1 heterocycles. The van der Waals surface area contributed by atoms with Crippen LogP contribution in [0.4, 0.5) is 10.8 Å². The summed E-state index contributed by atoms with van der Waals surface area (Å²) in [6.45, 7) is -0.596. The average molecular weight is 547 g/mol. The van der Waals surface area contributed by atoms with Crippen molar-refractivity contribution < 1.29 is 22.7 Å². The standard InChI is InChI=1S/C19H16Cl2N4O5S3/c1-30-17(27)11-31-19-24-23-18(32-19)22-16(26)10-25(15-9-12(20)7-8-14(15)21)33(28,29)13-5-3-2-4-6-13/h2-9H,10-11H2,1H3,(H,22,23,26). The molecule has 14 heteroatoms. The lowest BCUT2D eigenvalue weighted by atomic mass is 10.3. The number of ether oxygens (including phenoxy) is 1. The molecule has 0 spiro atoms. The lowest BCUT2D eigenvalue weighted by Gasteiger charge is -2.25. The zero-order valence-electron chi connectivity index (χ0n) is 16.9. The van der Waals surface area contributed by atoms with Gasteiger partial charge in [-0.15, -0.1) is 10.2 Å². The van der Waals surface area contributed by atoms with E-state index in [4.69, 9.17) is 23.2 Å². The second-order valence-electron chi connectivity index (χ2n) is 6.21. The Morgan fingerprint density at radius 2 is 1.88 bits per heavy atom. The third kappa shape index (κ3) is 6.58. The number of carbonyl (C=O) groups excluding carboxylic acids is 2. The number of nitrogens with zero attached hydrogens (tertiary/aromatic N) is 3. The van der Waals surface area contributed by atoms with E-state index in [0.29, 0.717) is 4.34 Å². The number of carbonyl (C=O) groups is 2. The second kappa shape index (κ2) is 11.2. The Morgan fingerprint density at radius 1 is 1.15 bits per heavy atom. The van der Waals surface area contributed by atoms with Crippen LogP contribution in [0.2, 0.25) is 10.0 Å². The van der Waals surface area contributed by atoms with E-state index >= 15 is 0 Å². The number of hydrogen-bond donors (Lipinski definition) is 1. The first-order chi connectivity index (χ1) is 15.7. The molecule has 0 saturated heterocycles. The topological polar surface area (TPSA) is 119 Å². The van der Waals surface area contributed by atoms with Crippen LogP contribution in [-0.2, 0) is 24.3 Å². The highest BCUT2D eigenvalue weighted by Crippen LogP contribution is 2.33. The molecule has 174 valence electrons. The minimum Gasteiger partial charge on any atom is -0.468 e. The van der Waals surface area contributed by atoms with E-state index in [1.807, 2.05) is 0 Å². The van der Waals surface area contributed by atoms with E-state index in [1.54, 1.807) is 18.2 Å². The number of amides is 1. The fraction of sp³-hybridized carbons (Fsp3) is 0.158. The maximum Gasteiger partial charge on any atom is 0.316 e. The van der Waals surface area contributed by atoms with E-state index in [1.165, 1.54) is 37.4 Å². The van der Waals surface area contributed by atoms with E-state index in [-0.39, 0.29) is 31.5 Å². The summed E-state index contributed by atoms with van der Waals surface area (Å²) >= 11 is 14.4. The van der Waals surface area contributed by atoms with Gasteiger partial charge in [-0.3, -0.25) is 19.2 Å². The number of aromatic nitrogens is 2. The van der Waals surface area contributed by atoms with Crippen LogP contribution in [0.25, 0.3) is 0 Å². The molecule has 1 N–H and O–H groups in total. The quantitative estimate of drug-likeness (QED) is 0.243. The first-order valence-electron chi connectivity index (χ1n) is 9.06. The molecule has 0 saturated carbocycles. The van der Waals surface area contributed by atoms with Crippen LogP contribution in [0, 0.1) is 0 Å². The smallest absolute Gasteiger partial charge is 0.316 e.